The lowest BCUT2D eigenvalue weighted by atomic mass is 10.2. The van der Waals surface area contributed by atoms with Gasteiger partial charge in [0.25, 0.3) is 5.91 Å². The molecule has 1 aromatic carbocycles. The Morgan fingerprint density at radius 2 is 1.76 bits per heavy atom. The molecule has 136 valence electrons. The number of carbonyl (C=O) groups excluding carboxylic acids is 3. The minimum Gasteiger partial charge on any atom is -0.452 e. The van der Waals surface area contributed by atoms with E-state index in [0.29, 0.717) is 37.8 Å². The molecule has 1 aromatic rings. The van der Waals surface area contributed by atoms with Gasteiger partial charge in [-0.25, -0.2) is 9.59 Å². The molecular formula is C16H20ClN3O5. The first kappa shape index (κ1) is 18.9. The van der Waals surface area contributed by atoms with Gasteiger partial charge in [-0.15, -0.1) is 0 Å². The number of benzene rings is 1. The molecule has 25 heavy (non-hydrogen) atoms. The highest BCUT2D eigenvalue weighted by Gasteiger charge is 2.25. The van der Waals surface area contributed by atoms with Gasteiger partial charge in [0.2, 0.25) is 0 Å². The summed E-state index contributed by atoms with van der Waals surface area (Å²) in [7, 11) is 0. The van der Waals surface area contributed by atoms with Gasteiger partial charge in [0.05, 0.1) is 12.2 Å². The number of hydrogen-bond donors (Lipinski definition) is 1. The van der Waals surface area contributed by atoms with Gasteiger partial charge in [-0.1, -0.05) is 11.6 Å². The maximum atomic E-state index is 12.1. The van der Waals surface area contributed by atoms with Crippen molar-refractivity contribution in [2.45, 2.75) is 6.92 Å². The monoisotopic (exact) mass is 369 g/mol. The molecule has 0 bridgehead atoms. The molecule has 0 atom stereocenters. The lowest BCUT2D eigenvalue weighted by molar-refractivity contribution is -0.136. The fraction of sp³-hybridized carbons (Fsp3) is 0.438. The van der Waals surface area contributed by atoms with Crippen LogP contribution >= 0.6 is 11.6 Å². The number of hydrogen-bond acceptors (Lipinski definition) is 6. The molecule has 0 aromatic heterocycles. The number of nitrogens with two attached hydrogens (primary N) is 1. The lowest BCUT2D eigenvalue weighted by Crippen LogP contribution is -2.51. The Hall–Kier alpha value is -2.48. The first-order valence-electron chi connectivity index (χ1n) is 7.84. The van der Waals surface area contributed by atoms with Crippen LogP contribution in [0.1, 0.15) is 17.3 Å². The third-order valence-electron chi connectivity index (χ3n) is 3.72. The number of ether oxygens (including phenoxy) is 2. The number of carbonyl (C=O) groups is 3. The minimum atomic E-state index is -0.687. The predicted molar refractivity (Wildman–Crippen MR) is 91.3 cm³/mol. The molecule has 1 heterocycles. The molecule has 0 saturated carbocycles. The predicted octanol–water partition coefficient (Wildman–Crippen LogP) is 1.38. The normalized spacial score (nSPS) is 14.2. The molecular weight excluding hydrogens is 350 g/mol. The summed E-state index contributed by atoms with van der Waals surface area (Å²) in [6.07, 6.45) is -0.390. The van der Waals surface area contributed by atoms with Crippen LogP contribution in [-0.2, 0) is 14.3 Å². The highest BCUT2D eigenvalue weighted by molar-refractivity contribution is 6.31. The van der Waals surface area contributed by atoms with Crippen LogP contribution < -0.4 is 5.73 Å². The standard InChI is InChI=1S/C16H20ClN3O5/c1-2-24-16(23)20-7-5-19(6-8-20)14(21)10-25-15(22)12-4-3-11(17)9-13(12)18/h3-4,9H,2,5-8,10,18H2,1H3. The molecule has 0 spiro atoms. The van der Waals surface area contributed by atoms with E-state index in [9.17, 15) is 14.4 Å². The maximum Gasteiger partial charge on any atom is 0.409 e. The fourth-order valence-electron chi connectivity index (χ4n) is 2.37. The van der Waals surface area contributed by atoms with Crippen molar-refractivity contribution >= 4 is 35.3 Å². The van der Waals surface area contributed by atoms with Crippen molar-refractivity contribution in [1.29, 1.82) is 0 Å². The van der Waals surface area contributed by atoms with Crippen LogP contribution in [0.15, 0.2) is 18.2 Å². The Morgan fingerprint density at radius 1 is 1.12 bits per heavy atom. The number of nitrogens with zero attached hydrogens (tertiary/aromatic N) is 2. The second-order valence-electron chi connectivity index (χ2n) is 5.37. The maximum absolute atomic E-state index is 12.1. The molecule has 9 heteroatoms. The number of amides is 2. The summed E-state index contributed by atoms with van der Waals surface area (Å²) in [6, 6.07) is 4.40. The Labute approximate surface area is 150 Å². The highest BCUT2D eigenvalue weighted by atomic mass is 35.5. The van der Waals surface area contributed by atoms with Crippen LogP contribution in [0.2, 0.25) is 5.02 Å². The second kappa shape index (κ2) is 8.57. The second-order valence-corrected chi connectivity index (χ2v) is 5.81. The van der Waals surface area contributed by atoms with Crippen LogP contribution in [-0.4, -0.2) is 67.2 Å². The van der Waals surface area contributed by atoms with Gasteiger partial charge in [0.15, 0.2) is 6.61 Å². The van der Waals surface area contributed by atoms with Crippen LogP contribution in [0.25, 0.3) is 0 Å². The van der Waals surface area contributed by atoms with Crippen LogP contribution in [0.5, 0.6) is 0 Å². The quantitative estimate of drug-likeness (QED) is 0.635. The van der Waals surface area contributed by atoms with Gasteiger partial charge >= 0.3 is 12.1 Å². The van der Waals surface area contributed by atoms with E-state index in [1.807, 2.05) is 0 Å². The number of rotatable bonds is 4. The van der Waals surface area contributed by atoms with Crippen molar-refractivity contribution in [2.24, 2.45) is 0 Å². The zero-order chi connectivity index (χ0) is 18.4. The van der Waals surface area contributed by atoms with Crippen molar-refractivity contribution in [2.75, 3.05) is 45.1 Å². The van der Waals surface area contributed by atoms with E-state index in [4.69, 9.17) is 26.8 Å². The van der Waals surface area contributed by atoms with Gasteiger partial charge in [0.1, 0.15) is 0 Å². The summed E-state index contributed by atoms with van der Waals surface area (Å²) in [4.78, 5) is 38.8. The Morgan fingerprint density at radius 3 is 2.36 bits per heavy atom. The number of esters is 1. The summed E-state index contributed by atoms with van der Waals surface area (Å²) in [5.41, 5.74) is 6.05. The van der Waals surface area contributed by atoms with E-state index >= 15 is 0 Å². The molecule has 2 rings (SSSR count). The third-order valence-corrected chi connectivity index (χ3v) is 3.95. The summed E-state index contributed by atoms with van der Waals surface area (Å²) >= 11 is 5.77. The topological polar surface area (TPSA) is 102 Å². The molecule has 8 nitrogen and oxygen atoms in total. The Balaban J connectivity index is 1.81. The summed E-state index contributed by atoms with van der Waals surface area (Å²) in [5, 5.41) is 0.407. The highest BCUT2D eigenvalue weighted by Crippen LogP contribution is 2.18. The fourth-order valence-corrected chi connectivity index (χ4v) is 2.55. The molecule has 0 unspecified atom stereocenters. The average molecular weight is 370 g/mol. The number of anilines is 1. The van der Waals surface area contributed by atoms with Crippen molar-refractivity contribution in [3.05, 3.63) is 28.8 Å². The largest absolute Gasteiger partial charge is 0.452 e. The molecule has 0 radical (unpaired) electrons. The van der Waals surface area contributed by atoms with Crippen LogP contribution in [0.4, 0.5) is 10.5 Å². The minimum absolute atomic E-state index is 0.157. The van der Waals surface area contributed by atoms with E-state index < -0.39 is 5.97 Å². The van der Waals surface area contributed by atoms with Gasteiger partial charge in [-0.3, -0.25) is 4.79 Å². The summed E-state index contributed by atoms with van der Waals surface area (Å²) < 4.78 is 9.94. The first-order valence-corrected chi connectivity index (χ1v) is 8.21. The van der Waals surface area contributed by atoms with Crippen LogP contribution in [0, 0.1) is 0 Å². The van der Waals surface area contributed by atoms with Crippen molar-refractivity contribution in [3.8, 4) is 0 Å². The van der Waals surface area contributed by atoms with E-state index in [2.05, 4.69) is 0 Å². The van der Waals surface area contributed by atoms with E-state index in [-0.39, 0.29) is 29.9 Å². The van der Waals surface area contributed by atoms with Gasteiger partial charge < -0.3 is 25.0 Å². The first-order chi connectivity index (χ1) is 11.9. The smallest absolute Gasteiger partial charge is 0.409 e. The summed E-state index contributed by atoms with van der Waals surface area (Å²) in [5.74, 6) is -1.02. The van der Waals surface area contributed by atoms with E-state index in [1.54, 1.807) is 6.92 Å². The summed E-state index contributed by atoms with van der Waals surface area (Å²) in [6.45, 7) is 3.13. The zero-order valence-electron chi connectivity index (χ0n) is 13.9. The zero-order valence-corrected chi connectivity index (χ0v) is 14.6. The van der Waals surface area contributed by atoms with Gasteiger partial charge in [-0.2, -0.15) is 0 Å². The van der Waals surface area contributed by atoms with E-state index in [0.717, 1.165) is 0 Å². The van der Waals surface area contributed by atoms with Crippen LogP contribution in [0.3, 0.4) is 0 Å². The molecule has 0 aliphatic carbocycles. The Kier molecular flexibility index (Phi) is 6.46. The number of nitrogen functional groups attached to an aromatic ring is 1. The SMILES string of the molecule is CCOC(=O)N1CCN(C(=O)COC(=O)c2ccc(Cl)cc2N)CC1. The molecule has 2 amide bonds. The van der Waals surface area contributed by atoms with Crippen molar-refractivity contribution < 1.29 is 23.9 Å². The van der Waals surface area contributed by atoms with Gasteiger partial charge in [-0.05, 0) is 25.1 Å². The third kappa shape index (κ3) is 4.99. The van der Waals surface area contributed by atoms with Crippen molar-refractivity contribution in [3.63, 3.8) is 0 Å². The average Bonchev–Trinajstić information content (AvgIpc) is 2.59. The lowest BCUT2D eigenvalue weighted by Gasteiger charge is -2.33. The van der Waals surface area contributed by atoms with Crippen molar-refractivity contribution in [1.82, 2.24) is 9.80 Å². The van der Waals surface area contributed by atoms with E-state index in [1.165, 1.54) is 28.0 Å². The molecule has 2 N–H and O–H groups in total. The van der Waals surface area contributed by atoms with Gasteiger partial charge in [0, 0.05) is 36.9 Å². The molecule has 1 aliphatic heterocycles. The molecule has 1 fully saturated rings. The number of halogens is 1. The molecule has 1 aliphatic rings. The molecule has 1 saturated heterocycles. The Bertz CT molecular complexity index is 659. The number of piperazine rings is 1.